The summed E-state index contributed by atoms with van der Waals surface area (Å²) in [5.41, 5.74) is 2.66. The fourth-order valence-electron chi connectivity index (χ4n) is 3.28. The second-order valence-corrected chi connectivity index (χ2v) is 8.22. The number of anilines is 1. The third kappa shape index (κ3) is 2.83. The Morgan fingerprint density at radius 1 is 1.35 bits per heavy atom. The number of sulfone groups is 1. The van der Waals surface area contributed by atoms with Gasteiger partial charge in [-0.15, -0.1) is 0 Å². The maximum absolute atomic E-state index is 11.5. The third-order valence-electron chi connectivity index (χ3n) is 4.60. The average molecular weight is 294 g/mol. The van der Waals surface area contributed by atoms with E-state index in [1.165, 1.54) is 11.3 Å². The highest BCUT2D eigenvalue weighted by atomic mass is 32.2. The molecule has 4 nitrogen and oxygen atoms in total. The molecule has 1 N–H and O–H groups in total. The average Bonchev–Trinajstić information content (AvgIpc) is 2.99. The zero-order valence-corrected chi connectivity index (χ0v) is 12.7. The normalized spacial score (nSPS) is 27.5. The van der Waals surface area contributed by atoms with Crippen LogP contribution < -0.4 is 5.32 Å². The number of nitrogens with one attached hydrogen (secondary N) is 1. The van der Waals surface area contributed by atoms with E-state index in [9.17, 15) is 8.42 Å². The number of para-hydroxylation sites is 1. The van der Waals surface area contributed by atoms with Crippen molar-refractivity contribution in [1.82, 2.24) is 4.90 Å². The van der Waals surface area contributed by atoms with Crippen LogP contribution in [0.1, 0.15) is 24.3 Å². The number of fused-ring (bicyclic) bond motifs is 1. The van der Waals surface area contributed by atoms with E-state index in [4.69, 9.17) is 0 Å². The van der Waals surface area contributed by atoms with Crippen LogP contribution in [0.3, 0.4) is 0 Å². The van der Waals surface area contributed by atoms with E-state index in [0.29, 0.717) is 17.4 Å². The predicted molar refractivity (Wildman–Crippen MR) is 82.0 cm³/mol. The summed E-state index contributed by atoms with van der Waals surface area (Å²) in [4.78, 5) is 2.23. The van der Waals surface area contributed by atoms with Gasteiger partial charge in [0, 0.05) is 24.2 Å². The molecule has 0 spiro atoms. The summed E-state index contributed by atoms with van der Waals surface area (Å²) in [6, 6.07) is 8.68. The molecular formula is C15H22N2O2S. The molecule has 3 rings (SSSR count). The van der Waals surface area contributed by atoms with E-state index in [2.05, 4.69) is 41.5 Å². The lowest BCUT2D eigenvalue weighted by molar-refractivity contribution is 0.253. The van der Waals surface area contributed by atoms with Crippen molar-refractivity contribution in [2.45, 2.75) is 24.8 Å². The first-order chi connectivity index (χ1) is 9.55. The number of nitrogens with zero attached hydrogens (tertiary/aromatic N) is 1. The van der Waals surface area contributed by atoms with Gasteiger partial charge in [0.2, 0.25) is 0 Å². The van der Waals surface area contributed by atoms with E-state index in [-0.39, 0.29) is 6.04 Å². The minimum atomic E-state index is -2.78. The van der Waals surface area contributed by atoms with Crippen molar-refractivity contribution in [1.29, 1.82) is 0 Å². The molecule has 1 saturated heterocycles. The van der Waals surface area contributed by atoms with Gasteiger partial charge in [0.1, 0.15) is 0 Å². The van der Waals surface area contributed by atoms with Crippen molar-refractivity contribution < 1.29 is 8.42 Å². The van der Waals surface area contributed by atoms with E-state index in [0.717, 1.165) is 25.9 Å². The van der Waals surface area contributed by atoms with Gasteiger partial charge in [-0.05, 0) is 38.1 Å². The van der Waals surface area contributed by atoms with Crippen LogP contribution in [-0.4, -0.2) is 51.0 Å². The van der Waals surface area contributed by atoms with Crippen LogP contribution in [0.2, 0.25) is 0 Å². The Bertz CT molecular complexity index is 585. The Kier molecular flexibility index (Phi) is 3.73. The smallest absolute Gasteiger partial charge is 0.151 e. The largest absolute Gasteiger partial charge is 0.384 e. The second kappa shape index (κ2) is 5.37. The van der Waals surface area contributed by atoms with Gasteiger partial charge in [-0.25, -0.2) is 8.42 Å². The molecule has 20 heavy (non-hydrogen) atoms. The monoisotopic (exact) mass is 294 g/mol. The third-order valence-corrected chi connectivity index (χ3v) is 6.35. The van der Waals surface area contributed by atoms with Crippen molar-refractivity contribution in [2.24, 2.45) is 0 Å². The number of rotatable bonds is 4. The molecule has 0 radical (unpaired) electrons. The zero-order valence-electron chi connectivity index (χ0n) is 11.9. The Morgan fingerprint density at radius 2 is 2.15 bits per heavy atom. The zero-order chi connectivity index (χ0) is 14.2. The second-order valence-electron chi connectivity index (χ2n) is 5.99. The van der Waals surface area contributed by atoms with Crippen LogP contribution in [0.4, 0.5) is 5.69 Å². The molecule has 1 aromatic carbocycles. The van der Waals surface area contributed by atoms with Crippen LogP contribution in [0, 0.1) is 0 Å². The fraction of sp³-hybridized carbons (Fsp3) is 0.600. The maximum Gasteiger partial charge on any atom is 0.151 e. The van der Waals surface area contributed by atoms with Gasteiger partial charge in [-0.2, -0.15) is 0 Å². The van der Waals surface area contributed by atoms with Crippen LogP contribution >= 0.6 is 0 Å². The SMILES string of the molecule is CN(CCC1CNc2ccccc21)C1CCS(=O)(=O)C1. The molecule has 0 amide bonds. The van der Waals surface area contributed by atoms with Crippen molar-refractivity contribution in [3.8, 4) is 0 Å². The molecule has 2 aliphatic rings. The van der Waals surface area contributed by atoms with E-state index >= 15 is 0 Å². The molecule has 2 aliphatic heterocycles. The van der Waals surface area contributed by atoms with Gasteiger partial charge >= 0.3 is 0 Å². The molecule has 0 bridgehead atoms. The summed E-state index contributed by atoms with van der Waals surface area (Å²) in [6.45, 7) is 1.96. The standard InChI is InChI=1S/C15H22N2O2S/c1-17(13-7-9-20(18,19)11-13)8-6-12-10-16-15-5-3-2-4-14(12)15/h2-5,12-13,16H,6-11H2,1H3. The summed E-state index contributed by atoms with van der Waals surface area (Å²) in [5, 5.41) is 3.44. The maximum atomic E-state index is 11.5. The van der Waals surface area contributed by atoms with E-state index in [1.54, 1.807) is 0 Å². The van der Waals surface area contributed by atoms with Gasteiger partial charge in [0.05, 0.1) is 11.5 Å². The molecule has 0 saturated carbocycles. The van der Waals surface area contributed by atoms with E-state index < -0.39 is 9.84 Å². The van der Waals surface area contributed by atoms with Gasteiger partial charge in [0.25, 0.3) is 0 Å². The quantitative estimate of drug-likeness (QED) is 0.918. The van der Waals surface area contributed by atoms with Crippen LogP contribution in [0.25, 0.3) is 0 Å². The predicted octanol–water partition coefficient (Wildman–Crippen LogP) is 1.70. The van der Waals surface area contributed by atoms with Crippen molar-refractivity contribution >= 4 is 15.5 Å². The Balaban J connectivity index is 1.56. The molecule has 2 atom stereocenters. The van der Waals surface area contributed by atoms with Crippen LogP contribution in [-0.2, 0) is 9.84 Å². The van der Waals surface area contributed by atoms with Crippen LogP contribution in [0.5, 0.6) is 0 Å². The number of benzene rings is 1. The van der Waals surface area contributed by atoms with Crippen molar-refractivity contribution in [3.63, 3.8) is 0 Å². The molecule has 1 aromatic rings. The summed E-state index contributed by atoms with van der Waals surface area (Å²) < 4.78 is 23.1. The molecule has 2 heterocycles. The highest BCUT2D eigenvalue weighted by Gasteiger charge is 2.31. The minimum Gasteiger partial charge on any atom is -0.384 e. The van der Waals surface area contributed by atoms with Crippen molar-refractivity contribution in [2.75, 3.05) is 37.0 Å². The van der Waals surface area contributed by atoms with E-state index in [1.807, 2.05) is 0 Å². The highest BCUT2D eigenvalue weighted by molar-refractivity contribution is 7.91. The first-order valence-corrected chi connectivity index (χ1v) is 9.11. The number of hydrogen-bond donors (Lipinski definition) is 1. The summed E-state index contributed by atoms with van der Waals surface area (Å²) >= 11 is 0. The minimum absolute atomic E-state index is 0.213. The fourth-order valence-corrected chi connectivity index (χ4v) is 5.08. The molecule has 110 valence electrons. The van der Waals surface area contributed by atoms with Gasteiger partial charge < -0.3 is 10.2 Å². The molecule has 1 fully saturated rings. The van der Waals surface area contributed by atoms with Gasteiger partial charge in [-0.3, -0.25) is 0 Å². The summed E-state index contributed by atoms with van der Waals surface area (Å²) in [6.07, 6.45) is 1.87. The lowest BCUT2D eigenvalue weighted by Gasteiger charge is -2.24. The molecular weight excluding hydrogens is 272 g/mol. The highest BCUT2D eigenvalue weighted by Crippen LogP contribution is 2.33. The van der Waals surface area contributed by atoms with Crippen molar-refractivity contribution in [3.05, 3.63) is 29.8 Å². The number of hydrogen-bond acceptors (Lipinski definition) is 4. The molecule has 5 heteroatoms. The Morgan fingerprint density at radius 3 is 2.90 bits per heavy atom. The Hall–Kier alpha value is -1.07. The Labute approximate surface area is 121 Å². The summed E-state index contributed by atoms with van der Waals surface area (Å²) in [7, 11) is -0.725. The van der Waals surface area contributed by atoms with Gasteiger partial charge in [-0.1, -0.05) is 18.2 Å². The lowest BCUT2D eigenvalue weighted by atomic mass is 9.97. The topological polar surface area (TPSA) is 49.4 Å². The molecule has 0 aliphatic carbocycles. The molecule has 2 unspecified atom stereocenters. The van der Waals surface area contributed by atoms with Crippen LogP contribution in [0.15, 0.2) is 24.3 Å². The van der Waals surface area contributed by atoms with Gasteiger partial charge in [0.15, 0.2) is 9.84 Å². The lowest BCUT2D eigenvalue weighted by Crippen LogP contribution is -2.34. The summed E-state index contributed by atoms with van der Waals surface area (Å²) in [5.74, 6) is 1.24. The first kappa shape index (κ1) is 13.9. The molecule has 0 aromatic heterocycles. The first-order valence-electron chi connectivity index (χ1n) is 7.28.